The largest absolute Gasteiger partial charge is 0.401 e. The second-order valence-corrected chi connectivity index (χ2v) is 4.96. The summed E-state index contributed by atoms with van der Waals surface area (Å²) in [4.78, 5) is 11.7. The fourth-order valence-electron chi connectivity index (χ4n) is 1.84. The van der Waals surface area contributed by atoms with Crippen LogP contribution in [0.1, 0.15) is 30.9 Å². The molecule has 2 N–H and O–H groups in total. The Kier molecular flexibility index (Phi) is 5.56. The highest BCUT2D eigenvalue weighted by molar-refractivity contribution is 5.93. The van der Waals surface area contributed by atoms with Crippen LogP contribution in [0.3, 0.4) is 0 Å². The van der Waals surface area contributed by atoms with Crippen molar-refractivity contribution in [3.05, 3.63) is 29.3 Å². The molecular weight excluding hydrogens is 269 g/mol. The van der Waals surface area contributed by atoms with E-state index in [0.717, 1.165) is 11.1 Å². The van der Waals surface area contributed by atoms with Gasteiger partial charge in [-0.15, -0.1) is 0 Å². The molecule has 20 heavy (non-hydrogen) atoms. The lowest BCUT2D eigenvalue weighted by Gasteiger charge is -2.16. The minimum atomic E-state index is -4.31. The molecule has 1 amide bonds. The first-order valence-corrected chi connectivity index (χ1v) is 6.37. The van der Waals surface area contributed by atoms with Crippen LogP contribution in [-0.2, 0) is 4.79 Å². The highest BCUT2D eigenvalue weighted by atomic mass is 19.4. The van der Waals surface area contributed by atoms with Crippen LogP contribution in [-0.4, -0.2) is 25.2 Å². The fourth-order valence-corrected chi connectivity index (χ4v) is 1.84. The molecule has 3 nitrogen and oxygen atoms in total. The van der Waals surface area contributed by atoms with Crippen molar-refractivity contribution in [2.45, 2.75) is 32.9 Å². The van der Waals surface area contributed by atoms with Crippen LogP contribution in [0.5, 0.6) is 0 Å². The molecule has 1 aromatic rings. The van der Waals surface area contributed by atoms with Gasteiger partial charge in [0.15, 0.2) is 0 Å². The van der Waals surface area contributed by atoms with E-state index in [4.69, 9.17) is 0 Å². The molecule has 0 aromatic heterocycles. The molecule has 0 atom stereocenters. The number of hydrogen-bond acceptors (Lipinski definition) is 2. The molecule has 0 aliphatic carbocycles. The van der Waals surface area contributed by atoms with Gasteiger partial charge in [-0.3, -0.25) is 4.79 Å². The molecule has 1 aromatic carbocycles. The number of carbonyl (C=O) groups excluding carboxylic acids is 1. The second-order valence-electron chi connectivity index (χ2n) is 4.96. The van der Waals surface area contributed by atoms with Crippen LogP contribution in [0.15, 0.2) is 18.2 Å². The van der Waals surface area contributed by atoms with E-state index in [2.05, 4.69) is 10.6 Å². The zero-order valence-electron chi connectivity index (χ0n) is 11.8. The number of rotatable bonds is 5. The number of carbonyl (C=O) groups is 1. The highest BCUT2D eigenvalue weighted by Gasteiger charge is 2.26. The van der Waals surface area contributed by atoms with E-state index in [1.807, 2.05) is 39.0 Å². The van der Waals surface area contributed by atoms with E-state index in [1.54, 1.807) is 0 Å². The zero-order chi connectivity index (χ0) is 15.3. The highest BCUT2D eigenvalue weighted by Crippen LogP contribution is 2.27. The number of nitrogens with one attached hydrogen (secondary N) is 2. The van der Waals surface area contributed by atoms with Crippen LogP contribution >= 0.6 is 0 Å². The third kappa shape index (κ3) is 5.21. The van der Waals surface area contributed by atoms with E-state index in [-0.39, 0.29) is 12.5 Å². The predicted molar refractivity (Wildman–Crippen MR) is 72.8 cm³/mol. The maximum absolute atomic E-state index is 12.0. The van der Waals surface area contributed by atoms with Gasteiger partial charge < -0.3 is 10.6 Å². The zero-order valence-corrected chi connectivity index (χ0v) is 11.8. The molecule has 0 fully saturated rings. The summed E-state index contributed by atoms with van der Waals surface area (Å²) in [6.07, 6.45) is -4.31. The fraction of sp³-hybridized carbons (Fsp3) is 0.500. The number of benzene rings is 1. The minimum Gasteiger partial charge on any atom is -0.324 e. The Hall–Kier alpha value is -1.56. The third-order valence-electron chi connectivity index (χ3n) is 2.80. The number of anilines is 1. The smallest absolute Gasteiger partial charge is 0.324 e. The van der Waals surface area contributed by atoms with Gasteiger partial charge in [0.25, 0.3) is 0 Å². The van der Waals surface area contributed by atoms with Crippen molar-refractivity contribution in [1.29, 1.82) is 0 Å². The van der Waals surface area contributed by atoms with E-state index in [0.29, 0.717) is 5.69 Å². The molecule has 1 rings (SSSR count). The summed E-state index contributed by atoms with van der Waals surface area (Å²) in [6.45, 7) is 4.29. The summed E-state index contributed by atoms with van der Waals surface area (Å²) in [5, 5.41) is 4.75. The Balaban J connectivity index is 2.67. The van der Waals surface area contributed by atoms with Gasteiger partial charge >= 0.3 is 6.18 Å². The summed E-state index contributed by atoms with van der Waals surface area (Å²) < 4.78 is 35.9. The first-order chi connectivity index (χ1) is 9.20. The SMILES string of the molecule is Cc1cccc(C(C)C)c1NC(=O)CNCC(F)(F)F. The minimum absolute atomic E-state index is 0.216. The first kappa shape index (κ1) is 16.5. The lowest BCUT2D eigenvalue weighted by Crippen LogP contribution is -2.35. The summed E-state index contributed by atoms with van der Waals surface area (Å²) >= 11 is 0. The van der Waals surface area contributed by atoms with Crippen LogP contribution in [0.2, 0.25) is 0 Å². The van der Waals surface area contributed by atoms with E-state index >= 15 is 0 Å². The summed E-state index contributed by atoms with van der Waals surface area (Å²) in [5.74, 6) is -0.265. The van der Waals surface area contributed by atoms with Crippen molar-refractivity contribution in [2.24, 2.45) is 0 Å². The molecule has 112 valence electrons. The standard InChI is InChI=1S/C14H19F3N2O/c1-9(2)11-6-4-5-10(3)13(11)19-12(20)7-18-8-14(15,16)17/h4-6,9,18H,7-8H2,1-3H3,(H,19,20). The van der Waals surface area contributed by atoms with Gasteiger partial charge in [-0.25, -0.2) is 0 Å². The number of para-hydroxylation sites is 1. The van der Waals surface area contributed by atoms with Crippen molar-refractivity contribution in [3.8, 4) is 0 Å². The number of halogens is 3. The molecule has 0 heterocycles. The van der Waals surface area contributed by atoms with Gasteiger partial charge in [-0.05, 0) is 24.0 Å². The van der Waals surface area contributed by atoms with Gasteiger partial charge in [0.05, 0.1) is 13.1 Å². The second kappa shape index (κ2) is 6.74. The summed E-state index contributed by atoms with van der Waals surface area (Å²) in [7, 11) is 0. The molecule has 6 heteroatoms. The molecule has 0 aliphatic rings. The monoisotopic (exact) mass is 288 g/mol. The van der Waals surface area contributed by atoms with Crippen LogP contribution in [0.25, 0.3) is 0 Å². The number of alkyl halides is 3. The van der Waals surface area contributed by atoms with E-state index in [9.17, 15) is 18.0 Å². The maximum atomic E-state index is 12.0. The Labute approximate surface area is 116 Å². The average molecular weight is 288 g/mol. The Morgan fingerprint density at radius 1 is 1.30 bits per heavy atom. The van der Waals surface area contributed by atoms with Crippen molar-refractivity contribution in [2.75, 3.05) is 18.4 Å². The van der Waals surface area contributed by atoms with Gasteiger partial charge in [0.1, 0.15) is 0 Å². The lowest BCUT2D eigenvalue weighted by molar-refractivity contribution is -0.126. The van der Waals surface area contributed by atoms with Crippen molar-refractivity contribution in [3.63, 3.8) is 0 Å². The molecule has 0 unspecified atom stereocenters. The van der Waals surface area contributed by atoms with Crippen LogP contribution < -0.4 is 10.6 Å². The number of hydrogen-bond donors (Lipinski definition) is 2. The van der Waals surface area contributed by atoms with E-state index in [1.165, 1.54) is 0 Å². The number of amides is 1. The molecule has 0 aliphatic heterocycles. The predicted octanol–water partition coefficient (Wildman–Crippen LogP) is 3.21. The molecular formula is C14H19F3N2O. The molecule has 0 saturated heterocycles. The van der Waals surface area contributed by atoms with Crippen molar-refractivity contribution in [1.82, 2.24) is 5.32 Å². The molecule has 0 radical (unpaired) electrons. The number of aryl methyl sites for hydroxylation is 1. The maximum Gasteiger partial charge on any atom is 0.401 e. The summed E-state index contributed by atoms with van der Waals surface area (Å²) in [6, 6.07) is 5.64. The van der Waals surface area contributed by atoms with Crippen LogP contribution in [0.4, 0.5) is 18.9 Å². The third-order valence-corrected chi connectivity index (χ3v) is 2.80. The Morgan fingerprint density at radius 2 is 1.95 bits per heavy atom. The topological polar surface area (TPSA) is 41.1 Å². The van der Waals surface area contributed by atoms with Crippen LogP contribution in [0, 0.1) is 6.92 Å². The van der Waals surface area contributed by atoms with Gasteiger partial charge in [-0.2, -0.15) is 13.2 Å². The van der Waals surface area contributed by atoms with Gasteiger partial charge in [0, 0.05) is 5.69 Å². The molecule has 0 bridgehead atoms. The normalized spacial score (nSPS) is 11.8. The lowest BCUT2D eigenvalue weighted by atomic mass is 9.98. The van der Waals surface area contributed by atoms with Gasteiger partial charge in [-0.1, -0.05) is 32.0 Å². The average Bonchev–Trinajstić information content (AvgIpc) is 2.29. The Bertz CT molecular complexity index is 470. The molecule has 0 spiro atoms. The van der Waals surface area contributed by atoms with Crippen molar-refractivity contribution >= 4 is 11.6 Å². The summed E-state index contributed by atoms with van der Waals surface area (Å²) in [5.41, 5.74) is 2.54. The van der Waals surface area contributed by atoms with Crippen molar-refractivity contribution < 1.29 is 18.0 Å². The molecule has 0 saturated carbocycles. The van der Waals surface area contributed by atoms with E-state index < -0.39 is 18.6 Å². The van der Waals surface area contributed by atoms with Gasteiger partial charge in [0.2, 0.25) is 5.91 Å². The first-order valence-electron chi connectivity index (χ1n) is 6.37. The quantitative estimate of drug-likeness (QED) is 0.873. The Morgan fingerprint density at radius 3 is 2.50 bits per heavy atom.